The number of rotatable bonds is 1. The maximum Gasteiger partial charge on any atom is 0.160 e. The first-order valence-corrected chi connectivity index (χ1v) is 5.91. The molecule has 0 bridgehead atoms. The zero-order valence-corrected chi connectivity index (χ0v) is 11.2. The Balaban J connectivity index is 2.63. The maximum absolute atomic E-state index is 9.00. The molecule has 2 aromatic rings. The van der Waals surface area contributed by atoms with Crippen LogP contribution in [0.5, 0.6) is 0 Å². The van der Waals surface area contributed by atoms with Crippen LogP contribution in [-0.4, -0.2) is 9.78 Å². The third-order valence-electron chi connectivity index (χ3n) is 2.02. The number of halogens is 2. The largest absolute Gasteiger partial charge is 0.381 e. The molecule has 0 spiro atoms. The van der Waals surface area contributed by atoms with Crippen molar-refractivity contribution in [2.75, 3.05) is 5.73 Å². The highest BCUT2D eigenvalue weighted by molar-refractivity contribution is 9.10. The first kappa shape index (κ1) is 11.2. The predicted octanol–water partition coefficient (Wildman–Crippen LogP) is 2.85. The molecule has 6 heteroatoms. The number of nitrogens with zero attached hydrogens (tertiary/aromatic N) is 3. The SMILES string of the molecule is N#Cc1ccc(Br)cc1-n1cc(Br)c(N)n1. The minimum Gasteiger partial charge on any atom is -0.381 e. The van der Waals surface area contributed by atoms with Crippen LogP contribution in [0, 0.1) is 11.3 Å². The van der Waals surface area contributed by atoms with Gasteiger partial charge in [0.1, 0.15) is 6.07 Å². The van der Waals surface area contributed by atoms with Crippen LogP contribution in [-0.2, 0) is 0 Å². The summed E-state index contributed by atoms with van der Waals surface area (Å²) >= 11 is 6.63. The van der Waals surface area contributed by atoms with E-state index in [1.807, 2.05) is 12.1 Å². The number of aromatic nitrogens is 2. The molecule has 2 N–H and O–H groups in total. The molecule has 0 aliphatic heterocycles. The predicted molar refractivity (Wildman–Crippen MR) is 68.1 cm³/mol. The van der Waals surface area contributed by atoms with Gasteiger partial charge in [0.25, 0.3) is 0 Å². The lowest BCUT2D eigenvalue weighted by Gasteiger charge is -2.03. The van der Waals surface area contributed by atoms with Crippen molar-refractivity contribution < 1.29 is 0 Å². The van der Waals surface area contributed by atoms with Gasteiger partial charge in [-0.05, 0) is 34.1 Å². The van der Waals surface area contributed by atoms with Gasteiger partial charge < -0.3 is 5.73 Å². The highest BCUT2D eigenvalue weighted by atomic mass is 79.9. The first-order valence-electron chi connectivity index (χ1n) is 4.32. The second kappa shape index (κ2) is 4.28. The highest BCUT2D eigenvalue weighted by Crippen LogP contribution is 2.23. The van der Waals surface area contributed by atoms with Crippen LogP contribution in [0.3, 0.4) is 0 Å². The minimum atomic E-state index is 0.392. The maximum atomic E-state index is 9.00. The standard InChI is InChI=1S/C10H6Br2N4/c11-7-2-1-6(4-13)9(3-7)16-5-8(12)10(14)15-16/h1-3,5H,(H2,14,15). The summed E-state index contributed by atoms with van der Waals surface area (Å²) in [5.74, 6) is 0.392. The molecule has 1 aromatic carbocycles. The molecule has 1 aromatic heterocycles. The number of anilines is 1. The van der Waals surface area contributed by atoms with E-state index in [0.717, 1.165) is 4.47 Å². The van der Waals surface area contributed by atoms with E-state index < -0.39 is 0 Å². The molecular formula is C10H6Br2N4. The summed E-state index contributed by atoms with van der Waals surface area (Å²) in [6.07, 6.45) is 1.72. The van der Waals surface area contributed by atoms with Crippen LogP contribution < -0.4 is 5.73 Å². The van der Waals surface area contributed by atoms with E-state index in [9.17, 15) is 0 Å². The number of nitrogens with two attached hydrogens (primary N) is 1. The summed E-state index contributed by atoms with van der Waals surface area (Å²) in [6, 6.07) is 7.47. The summed E-state index contributed by atoms with van der Waals surface area (Å²) in [7, 11) is 0. The average Bonchev–Trinajstić information content (AvgIpc) is 2.59. The van der Waals surface area contributed by atoms with Crippen molar-refractivity contribution >= 4 is 37.7 Å². The molecule has 80 valence electrons. The van der Waals surface area contributed by atoms with Crippen LogP contribution in [0.4, 0.5) is 5.82 Å². The van der Waals surface area contributed by atoms with Crippen molar-refractivity contribution in [1.82, 2.24) is 9.78 Å². The van der Waals surface area contributed by atoms with Crippen LogP contribution in [0.2, 0.25) is 0 Å². The lowest BCUT2D eigenvalue weighted by atomic mass is 10.2. The number of benzene rings is 1. The Kier molecular flexibility index (Phi) is 2.99. The third kappa shape index (κ3) is 1.96. The van der Waals surface area contributed by atoms with E-state index >= 15 is 0 Å². The molecule has 2 rings (SSSR count). The molecule has 0 radical (unpaired) electrons. The van der Waals surface area contributed by atoms with Crippen molar-refractivity contribution in [1.29, 1.82) is 5.26 Å². The van der Waals surface area contributed by atoms with Crippen molar-refractivity contribution in [2.24, 2.45) is 0 Å². The van der Waals surface area contributed by atoms with Gasteiger partial charge in [0, 0.05) is 10.7 Å². The summed E-state index contributed by atoms with van der Waals surface area (Å²) in [5.41, 5.74) is 6.86. The van der Waals surface area contributed by atoms with Gasteiger partial charge in [0.05, 0.1) is 15.7 Å². The van der Waals surface area contributed by atoms with Gasteiger partial charge in [-0.3, -0.25) is 0 Å². The van der Waals surface area contributed by atoms with Crippen LogP contribution in [0.25, 0.3) is 5.69 Å². The van der Waals surface area contributed by atoms with E-state index in [-0.39, 0.29) is 0 Å². The zero-order chi connectivity index (χ0) is 11.7. The van der Waals surface area contributed by atoms with Gasteiger partial charge >= 0.3 is 0 Å². The van der Waals surface area contributed by atoms with Crippen molar-refractivity contribution in [3.63, 3.8) is 0 Å². The molecule has 0 saturated carbocycles. The molecular weight excluding hydrogens is 336 g/mol. The van der Waals surface area contributed by atoms with E-state index in [2.05, 4.69) is 43.0 Å². The van der Waals surface area contributed by atoms with E-state index in [4.69, 9.17) is 11.0 Å². The summed E-state index contributed by atoms with van der Waals surface area (Å²) in [4.78, 5) is 0. The molecule has 0 unspecified atom stereocenters. The second-order valence-corrected chi connectivity index (χ2v) is 4.85. The van der Waals surface area contributed by atoms with Gasteiger partial charge in [0.2, 0.25) is 0 Å². The lowest BCUT2D eigenvalue weighted by molar-refractivity contribution is 0.881. The first-order chi connectivity index (χ1) is 7.61. The normalized spacial score (nSPS) is 10.1. The fourth-order valence-electron chi connectivity index (χ4n) is 1.28. The molecule has 0 fully saturated rings. The van der Waals surface area contributed by atoms with E-state index in [0.29, 0.717) is 21.5 Å². The smallest absolute Gasteiger partial charge is 0.160 e. The average molecular weight is 342 g/mol. The van der Waals surface area contributed by atoms with Gasteiger partial charge in [0.15, 0.2) is 5.82 Å². The molecule has 0 amide bonds. The topological polar surface area (TPSA) is 67.6 Å². The Labute approximate surface area is 109 Å². The summed E-state index contributed by atoms with van der Waals surface area (Å²) < 4.78 is 3.16. The minimum absolute atomic E-state index is 0.392. The zero-order valence-electron chi connectivity index (χ0n) is 7.98. The quantitative estimate of drug-likeness (QED) is 0.867. The molecule has 0 atom stereocenters. The van der Waals surface area contributed by atoms with Gasteiger partial charge in [-0.1, -0.05) is 15.9 Å². The Morgan fingerprint density at radius 3 is 2.69 bits per heavy atom. The van der Waals surface area contributed by atoms with Crippen molar-refractivity contribution in [3.05, 3.63) is 38.9 Å². The van der Waals surface area contributed by atoms with Crippen molar-refractivity contribution in [3.8, 4) is 11.8 Å². The molecule has 0 aliphatic carbocycles. The van der Waals surface area contributed by atoms with E-state index in [1.54, 1.807) is 16.9 Å². The molecule has 0 saturated heterocycles. The number of hydrogen-bond donors (Lipinski definition) is 1. The Morgan fingerprint density at radius 1 is 1.38 bits per heavy atom. The molecule has 0 aliphatic rings. The number of hydrogen-bond acceptors (Lipinski definition) is 3. The van der Waals surface area contributed by atoms with Crippen LogP contribution in [0.1, 0.15) is 5.56 Å². The van der Waals surface area contributed by atoms with Crippen LogP contribution in [0.15, 0.2) is 33.3 Å². The molecule has 16 heavy (non-hydrogen) atoms. The summed E-state index contributed by atoms with van der Waals surface area (Å²) in [5, 5.41) is 13.1. The van der Waals surface area contributed by atoms with Gasteiger partial charge in [-0.15, -0.1) is 5.10 Å². The molecule has 1 heterocycles. The van der Waals surface area contributed by atoms with Crippen LogP contribution >= 0.6 is 31.9 Å². The Morgan fingerprint density at radius 2 is 2.12 bits per heavy atom. The Hall–Kier alpha value is -1.32. The second-order valence-electron chi connectivity index (χ2n) is 3.08. The monoisotopic (exact) mass is 340 g/mol. The molecule has 4 nitrogen and oxygen atoms in total. The van der Waals surface area contributed by atoms with E-state index in [1.165, 1.54) is 0 Å². The number of nitriles is 1. The van der Waals surface area contributed by atoms with Crippen molar-refractivity contribution in [2.45, 2.75) is 0 Å². The fourth-order valence-corrected chi connectivity index (χ4v) is 1.90. The highest BCUT2D eigenvalue weighted by Gasteiger charge is 2.09. The summed E-state index contributed by atoms with van der Waals surface area (Å²) in [6.45, 7) is 0. The fraction of sp³-hybridized carbons (Fsp3) is 0. The Bertz CT molecular complexity index is 563. The lowest BCUT2D eigenvalue weighted by Crippen LogP contribution is -1.99. The third-order valence-corrected chi connectivity index (χ3v) is 3.13. The number of nitrogen functional groups attached to an aromatic ring is 1. The van der Waals surface area contributed by atoms with Gasteiger partial charge in [-0.2, -0.15) is 5.26 Å². The van der Waals surface area contributed by atoms with Gasteiger partial charge in [-0.25, -0.2) is 4.68 Å².